The normalized spacial score (nSPS) is 11.2. The maximum absolute atomic E-state index is 11.3. The third-order valence-electron chi connectivity index (χ3n) is 1.58. The summed E-state index contributed by atoms with van der Waals surface area (Å²) in [5, 5.41) is 0. The number of rotatable bonds is 3. The molecule has 0 aromatic heterocycles. The molecule has 0 bridgehead atoms. The Balaban J connectivity index is 3.13. The van der Waals surface area contributed by atoms with Crippen molar-refractivity contribution in [3.8, 4) is 0 Å². The van der Waals surface area contributed by atoms with Gasteiger partial charge in [-0.3, -0.25) is 0 Å². The standard InChI is InChI=1S/C8H8NO2S.Ac/c1-2-7-3-5-8(6-4-7)12(9,10)11;/h2-6H,1H2,(H-,9,10,11);/q-1;+1. The van der Waals surface area contributed by atoms with Gasteiger partial charge in [-0.25, -0.2) is 0 Å². The Bertz CT molecular complexity index is 397. The van der Waals surface area contributed by atoms with E-state index in [4.69, 9.17) is 0 Å². The van der Waals surface area contributed by atoms with Crippen molar-refractivity contribution < 1.29 is 50.7 Å². The van der Waals surface area contributed by atoms with Crippen molar-refractivity contribution in [1.82, 2.24) is 0.379 Å². The Morgan fingerprint density at radius 1 is 1.31 bits per heavy atom. The van der Waals surface area contributed by atoms with Gasteiger partial charge in [0.15, 0.2) is 0 Å². The number of hydrogen-bond donors (Lipinski definition) is 1. The van der Waals surface area contributed by atoms with Crippen LogP contribution in [-0.2, 0) is 10.0 Å². The second-order valence-corrected chi connectivity index (χ2v) is 7.01. The summed E-state index contributed by atoms with van der Waals surface area (Å²) >= 11 is 0.0774. The van der Waals surface area contributed by atoms with E-state index in [0.717, 1.165) is 5.56 Å². The molecule has 1 aromatic rings. The van der Waals surface area contributed by atoms with Gasteiger partial charge in [-0.1, -0.05) is 0 Å². The predicted molar refractivity (Wildman–Crippen MR) is 46.9 cm³/mol. The fourth-order valence-corrected chi connectivity index (χ4v) is 3.16. The van der Waals surface area contributed by atoms with Gasteiger partial charge in [0.25, 0.3) is 0 Å². The summed E-state index contributed by atoms with van der Waals surface area (Å²) in [6.45, 7) is 3.59. The third-order valence-corrected chi connectivity index (χ3v) is 6.61. The van der Waals surface area contributed by atoms with Crippen LogP contribution in [0.15, 0.2) is 35.7 Å². The SMILES string of the molecule is C=Cc1ccc(S(=O)(=O)[NH][Ac])cc1. The van der Waals surface area contributed by atoms with E-state index in [2.05, 4.69) is 6.96 Å². The van der Waals surface area contributed by atoms with Gasteiger partial charge >= 0.3 is 108 Å². The summed E-state index contributed by atoms with van der Waals surface area (Å²) in [6.07, 6.45) is 1.67. The predicted octanol–water partition coefficient (Wildman–Crippen LogP) is 1.07. The molecular weight excluding hydrogens is 401 g/mol. The summed E-state index contributed by atoms with van der Waals surface area (Å²) < 4.78 is 25.1. The maximum atomic E-state index is 11.3. The quantitative estimate of drug-likeness (QED) is 0.812. The van der Waals surface area contributed by atoms with E-state index < -0.39 is 10.0 Å². The van der Waals surface area contributed by atoms with Gasteiger partial charge in [-0.15, -0.1) is 0 Å². The summed E-state index contributed by atoms with van der Waals surface area (Å²) in [5.74, 6) is 0. The molecule has 1 N–H and O–H groups in total. The van der Waals surface area contributed by atoms with Crippen molar-refractivity contribution >= 4 is 16.1 Å². The summed E-state index contributed by atoms with van der Waals surface area (Å²) in [5.41, 5.74) is 0.914. The molecule has 0 spiro atoms. The fraction of sp³-hybridized carbons (Fsp3) is 0. The number of benzene rings is 1. The van der Waals surface area contributed by atoms with Crippen LogP contribution < -0.4 is 0.379 Å². The molecule has 0 amide bonds. The first-order valence-electron chi connectivity index (χ1n) is 3.55. The molecule has 0 unspecified atom stereocenters. The molecule has 0 aliphatic heterocycles. The molecule has 0 atom stereocenters. The van der Waals surface area contributed by atoms with Crippen LogP contribution in [0.4, 0.5) is 0 Å². The Morgan fingerprint density at radius 3 is 2.23 bits per heavy atom. The van der Waals surface area contributed by atoms with E-state index in [1.807, 2.05) is 0 Å². The van der Waals surface area contributed by atoms with Gasteiger partial charge in [0, 0.05) is 0 Å². The van der Waals surface area contributed by atoms with Gasteiger partial charge in [-0.2, -0.15) is 0 Å². The average molecular weight is 409 g/mol. The molecule has 0 fully saturated rings. The molecule has 13 heavy (non-hydrogen) atoms. The first-order chi connectivity index (χ1) is 6.10. The second-order valence-electron chi connectivity index (χ2n) is 2.39. The molecule has 1 rings (SSSR count). The van der Waals surface area contributed by atoms with Crippen molar-refractivity contribution in [3.63, 3.8) is 0 Å². The van der Waals surface area contributed by atoms with E-state index in [-0.39, 0.29) is 42.3 Å². The first kappa shape index (κ1) is 11.4. The minimum atomic E-state index is -3.22. The zero-order valence-electron chi connectivity index (χ0n) is 6.90. The number of nitrogens with one attached hydrogen (secondary N) is 1. The molecule has 5 heteroatoms. The summed E-state index contributed by atoms with van der Waals surface area (Å²) in [6, 6.07) is 6.60. The van der Waals surface area contributed by atoms with Gasteiger partial charge in [0.2, 0.25) is 0 Å². The molecule has 1 aromatic carbocycles. The van der Waals surface area contributed by atoms with Crippen molar-refractivity contribution in [2.24, 2.45) is 0 Å². The Hall–Kier alpha value is 0.312. The van der Waals surface area contributed by atoms with Gasteiger partial charge in [0.05, 0.1) is 0 Å². The zero-order chi connectivity index (χ0) is 9.90. The minimum absolute atomic E-state index is 0.0774. The molecule has 0 aliphatic carbocycles. The van der Waals surface area contributed by atoms with E-state index >= 15 is 0 Å². The van der Waals surface area contributed by atoms with Crippen LogP contribution in [0, 0.1) is 42.3 Å². The molecule has 66 valence electrons. The Kier molecular flexibility index (Phi) is 4.11. The molecule has 0 aliphatic rings. The second kappa shape index (κ2) is 4.70. The molecule has 0 saturated heterocycles. The van der Waals surface area contributed by atoms with Crippen LogP contribution in [0.2, 0.25) is 0 Å². The zero-order valence-corrected chi connectivity index (χ0v) is 12.5. The van der Waals surface area contributed by atoms with Crippen LogP contribution in [0.25, 0.3) is 6.08 Å². The fourth-order valence-electron chi connectivity index (χ4n) is 0.851. The van der Waals surface area contributed by atoms with Crippen LogP contribution in [0.5, 0.6) is 0 Å². The van der Waals surface area contributed by atoms with Gasteiger partial charge < -0.3 is 0 Å². The van der Waals surface area contributed by atoms with Crippen molar-refractivity contribution in [3.05, 3.63) is 36.4 Å². The molecular formula is C8H8AcNO2S. The number of hydrogen-bond acceptors (Lipinski definition) is 2. The van der Waals surface area contributed by atoms with Crippen LogP contribution in [0.1, 0.15) is 5.56 Å². The Labute approximate surface area is 107 Å². The van der Waals surface area contributed by atoms with Gasteiger partial charge in [0.1, 0.15) is 0 Å². The van der Waals surface area contributed by atoms with E-state index in [1.54, 1.807) is 30.3 Å². The average Bonchev–Trinajstić information content (AvgIpc) is 2.18. The first-order valence-corrected chi connectivity index (χ1v) is 7.40. The molecule has 0 radical (unpaired) electrons. The van der Waals surface area contributed by atoms with Crippen LogP contribution in [-0.4, -0.2) is 8.42 Å². The van der Waals surface area contributed by atoms with Crippen molar-refractivity contribution in [1.29, 1.82) is 0 Å². The molecule has 3 nitrogen and oxygen atoms in total. The number of sulfonamides is 1. The van der Waals surface area contributed by atoms with Crippen LogP contribution in [0.3, 0.4) is 0 Å². The third kappa shape index (κ3) is 2.88. The van der Waals surface area contributed by atoms with Crippen molar-refractivity contribution in [2.75, 3.05) is 0 Å². The van der Waals surface area contributed by atoms with Gasteiger partial charge in [-0.05, 0) is 0 Å². The van der Waals surface area contributed by atoms with E-state index in [1.165, 1.54) is 0 Å². The Morgan fingerprint density at radius 2 is 1.85 bits per heavy atom. The molecule has 0 heterocycles. The monoisotopic (exact) mass is 409 g/mol. The summed E-state index contributed by atoms with van der Waals surface area (Å²) in [4.78, 5) is 0.312. The van der Waals surface area contributed by atoms with Crippen molar-refractivity contribution in [2.45, 2.75) is 4.90 Å². The summed E-state index contributed by atoms with van der Waals surface area (Å²) in [7, 11) is -3.22. The van der Waals surface area contributed by atoms with E-state index in [9.17, 15) is 8.42 Å². The van der Waals surface area contributed by atoms with E-state index in [0.29, 0.717) is 4.90 Å². The molecule has 0 saturated carbocycles. The topological polar surface area (TPSA) is 46.2 Å². The van der Waals surface area contributed by atoms with Crippen LogP contribution >= 0.6 is 0 Å².